The minimum Gasteiger partial charge on any atom is -0.351 e. The van der Waals surface area contributed by atoms with Gasteiger partial charge in [0.25, 0.3) is 0 Å². The normalized spacial score (nSPS) is 24.8. The van der Waals surface area contributed by atoms with Gasteiger partial charge in [-0.25, -0.2) is 0 Å². The van der Waals surface area contributed by atoms with Crippen LogP contribution < -0.4 is 10.6 Å². The van der Waals surface area contributed by atoms with Crippen LogP contribution in [0.2, 0.25) is 0 Å². The summed E-state index contributed by atoms with van der Waals surface area (Å²) in [6.45, 7) is 2.95. The molecule has 18 heavy (non-hydrogen) atoms. The van der Waals surface area contributed by atoms with Crippen LogP contribution in [0.25, 0.3) is 0 Å². The number of nitrogens with one attached hydrogen (secondary N) is 2. The lowest BCUT2D eigenvalue weighted by atomic mass is 10.0. The number of likely N-dealkylation sites (tertiary alicyclic amines) is 1. The smallest absolute Gasteiger partial charge is 0.242 e. The molecule has 0 bridgehead atoms. The summed E-state index contributed by atoms with van der Waals surface area (Å²) in [5.41, 5.74) is 0. The van der Waals surface area contributed by atoms with E-state index in [-0.39, 0.29) is 29.8 Å². The monoisotopic (exact) mass is 253 g/mol. The molecule has 0 aromatic rings. The number of hydrogen-bond acceptors (Lipinski definition) is 3. The van der Waals surface area contributed by atoms with E-state index in [2.05, 4.69) is 10.6 Å². The van der Waals surface area contributed by atoms with E-state index >= 15 is 0 Å². The van der Waals surface area contributed by atoms with E-state index in [0.717, 1.165) is 12.8 Å². The number of hydrogen-bond donors (Lipinski definition) is 2. The molecule has 3 amide bonds. The lowest BCUT2D eigenvalue weighted by Gasteiger charge is -2.32. The molecule has 0 aromatic heterocycles. The van der Waals surface area contributed by atoms with Crippen LogP contribution in [0.5, 0.6) is 0 Å². The molecule has 2 fully saturated rings. The lowest BCUT2D eigenvalue weighted by molar-refractivity contribution is -0.130. The predicted octanol–water partition coefficient (Wildman–Crippen LogP) is -0.608. The first-order valence-corrected chi connectivity index (χ1v) is 6.41. The molecule has 1 unspecified atom stereocenters. The van der Waals surface area contributed by atoms with Crippen molar-refractivity contribution in [2.24, 2.45) is 0 Å². The molecular formula is C12H19N3O3. The number of rotatable bonds is 2. The van der Waals surface area contributed by atoms with Gasteiger partial charge in [-0.2, -0.15) is 0 Å². The Morgan fingerprint density at radius 3 is 2.44 bits per heavy atom. The third-order valence-electron chi connectivity index (χ3n) is 3.60. The fourth-order valence-corrected chi connectivity index (χ4v) is 2.45. The van der Waals surface area contributed by atoms with Gasteiger partial charge in [0.2, 0.25) is 17.7 Å². The standard InChI is InChI=1S/C12H19N3O3/c1-8(16)15-6-4-9(5-7-15)13-12(18)10-2-3-11(17)14-10/h9-10H,2-7H2,1H3,(H,13,18)(H,14,17). The highest BCUT2D eigenvalue weighted by molar-refractivity contribution is 5.90. The maximum atomic E-state index is 11.9. The van der Waals surface area contributed by atoms with Crippen LogP contribution >= 0.6 is 0 Å². The molecule has 2 rings (SSSR count). The highest BCUT2D eigenvalue weighted by atomic mass is 16.2. The average Bonchev–Trinajstić information content (AvgIpc) is 2.76. The van der Waals surface area contributed by atoms with Gasteiger partial charge in [-0.3, -0.25) is 14.4 Å². The molecule has 0 radical (unpaired) electrons. The quantitative estimate of drug-likeness (QED) is 0.689. The number of carbonyl (C=O) groups excluding carboxylic acids is 3. The van der Waals surface area contributed by atoms with Gasteiger partial charge in [0, 0.05) is 32.5 Å². The summed E-state index contributed by atoms with van der Waals surface area (Å²) in [4.78, 5) is 35.9. The van der Waals surface area contributed by atoms with Gasteiger partial charge in [0.1, 0.15) is 6.04 Å². The Morgan fingerprint density at radius 2 is 1.94 bits per heavy atom. The van der Waals surface area contributed by atoms with Crippen LogP contribution in [-0.2, 0) is 14.4 Å². The number of carbonyl (C=O) groups is 3. The Labute approximate surface area is 106 Å². The summed E-state index contributed by atoms with van der Waals surface area (Å²) in [6, 6.07) is -0.256. The fourth-order valence-electron chi connectivity index (χ4n) is 2.45. The van der Waals surface area contributed by atoms with Gasteiger partial charge in [0.05, 0.1) is 0 Å². The van der Waals surface area contributed by atoms with Crippen molar-refractivity contribution in [1.29, 1.82) is 0 Å². The van der Waals surface area contributed by atoms with Crippen LogP contribution in [0.15, 0.2) is 0 Å². The van der Waals surface area contributed by atoms with Crippen LogP contribution in [0.3, 0.4) is 0 Å². The Hall–Kier alpha value is -1.59. The van der Waals surface area contributed by atoms with E-state index in [4.69, 9.17) is 0 Å². The maximum Gasteiger partial charge on any atom is 0.242 e. The van der Waals surface area contributed by atoms with Crippen molar-refractivity contribution < 1.29 is 14.4 Å². The summed E-state index contributed by atoms with van der Waals surface area (Å²) in [7, 11) is 0. The van der Waals surface area contributed by atoms with Crippen LogP contribution in [-0.4, -0.2) is 47.8 Å². The van der Waals surface area contributed by atoms with Gasteiger partial charge >= 0.3 is 0 Å². The number of piperidine rings is 1. The van der Waals surface area contributed by atoms with Gasteiger partial charge in [-0.05, 0) is 19.3 Å². The highest BCUT2D eigenvalue weighted by Gasteiger charge is 2.29. The van der Waals surface area contributed by atoms with E-state index in [0.29, 0.717) is 25.9 Å². The van der Waals surface area contributed by atoms with Crippen molar-refractivity contribution in [2.75, 3.05) is 13.1 Å². The Kier molecular flexibility index (Phi) is 3.84. The van der Waals surface area contributed by atoms with E-state index < -0.39 is 0 Å². The van der Waals surface area contributed by atoms with Gasteiger partial charge in [-0.15, -0.1) is 0 Å². The second kappa shape index (κ2) is 5.37. The molecule has 6 nitrogen and oxygen atoms in total. The minimum absolute atomic E-state index is 0.0541. The number of amides is 3. The van der Waals surface area contributed by atoms with Crippen LogP contribution in [0.1, 0.15) is 32.6 Å². The second-order valence-electron chi connectivity index (χ2n) is 4.95. The molecule has 1 atom stereocenters. The van der Waals surface area contributed by atoms with Gasteiger partial charge < -0.3 is 15.5 Å². The van der Waals surface area contributed by atoms with Crippen LogP contribution in [0.4, 0.5) is 0 Å². The van der Waals surface area contributed by atoms with Crippen molar-refractivity contribution in [3.63, 3.8) is 0 Å². The Bertz CT molecular complexity index is 362. The zero-order chi connectivity index (χ0) is 13.1. The minimum atomic E-state index is -0.372. The number of nitrogens with zero attached hydrogens (tertiary/aromatic N) is 1. The molecule has 6 heteroatoms. The fraction of sp³-hybridized carbons (Fsp3) is 0.750. The first-order valence-electron chi connectivity index (χ1n) is 6.41. The maximum absolute atomic E-state index is 11.9. The van der Waals surface area contributed by atoms with Crippen molar-refractivity contribution in [3.05, 3.63) is 0 Å². The van der Waals surface area contributed by atoms with E-state index in [1.54, 1.807) is 11.8 Å². The largest absolute Gasteiger partial charge is 0.351 e. The van der Waals surface area contributed by atoms with E-state index in [1.807, 2.05) is 0 Å². The molecule has 0 saturated carbocycles. The molecule has 2 N–H and O–H groups in total. The molecule has 0 aromatic carbocycles. The van der Waals surface area contributed by atoms with Crippen molar-refractivity contribution in [3.8, 4) is 0 Å². The lowest BCUT2D eigenvalue weighted by Crippen LogP contribution is -2.50. The molecular weight excluding hydrogens is 234 g/mol. The summed E-state index contributed by atoms with van der Waals surface area (Å²) >= 11 is 0. The second-order valence-corrected chi connectivity index (χ2v) is 4.95. The Balaban J connectivity index is 1.76. The summed E-state index contributed by atoms with van der Waals surface area (Å²) in [5, 5.41) is 5.60. The predicted molar refractivity (Wildman–Crippen MR) is 64.6 cm³/mol. The molecule has 0 spiro atoms. The third kappa shape index (κ3) is 3.00. The summed E-state index contributed by atoms with van der Waals surface area (Å²) in [6.07, 6.45) is 2.58. The Morgan fingerprint density at radius 1 is 1.28 bits per heavy atom. The van der Waals surface area contributed by atoms with Crippen molar-refractivity contribution in [2.45, 2.75) is 44.7 Å². The summed E-state index contributed by atoms with van der Waals surface area (Å²) < 4.78 is 0. The molecule has 2 saturated heterocycles. The molecule has 2 aliphatic rings. The highest BCUT2D eigenvalue weighted by Crippen LogP contribution is 2.12. The molecule has 100 valence electrons. The van der Waals surface area contributed by atoms with Crippen LogP contribution in [0, 0.1) is 0 Å². The molecule has 2 aliphatic heterocycles. The SMILES string of the molecule is CC(=O)N1CCC(NC(=O)C2CCC(=O)N2)CC1. The van der Waals surface area contributed by atoms with E-state index in [1.165, 1.54) is 0 Å². The molecule has 2 heterocycles. The van der Waals surface area contributed by atoms with Gasteiger partial charge in [-0.1, -0.05) is 0 Å². The average molecular weight is 253 g/mol. The topological polar surface area (TPSA) is 78.5 Å². The van der Waals surface area contributed by atoms with Crippen molar-refractivity contribution >= 4 is 17.7 Å². The molecule has 0 aliphatic carbocycles. The summed E-state index contributed by atoms with van der Waals surface area (Å²) in [5.74, 6) is -0.0634. The van der Waals surface area contributed by atoms with E-state index in [9.17, 15) is 14.4 Å². The first kappa shape index (κ1) is 12.9. The van der Waals surface area contributed by atoms with Crippen molar-refractivity contribution in [1.82, 2.24) is 15.5 Å². The van der Waals surface area contributed by atoms with Gasteiger partial charge in [0.15, 0.2) is 0 Å². The zero-order valence-electron chi connectivity index (χ0n) is 10.6. The third-order valence-corrected chi connectivity index (χ3v) is 3.60. The zero-order valence-corrected chi connectivity index (χ0v) is 10.6. The first-order chi connectivity index (χ1) is 8.56.